The third-order valence-electron chi connectivity index (χ3n) is 2.89. The van der Waals surface area contributed by atoms with Crippen molar-refractivity contribution in [3.8, 4) is 0 Å². The van der Waals surface area contributed by atoms with Crippen molar-refractivity contribution in [2.45, 2.75) is 32.4 Å². The Kier molecular flexibility index (Phi) is 4.29. The summed E-state index contributed by atoms with van der Waals surface area (Å²) >= 11 is 1.70. The van der Waals surface area contributed by atoms with Gasteiger partial charge < -0.3 is 5.32 Å². The van der Waals surface area contributed by atoms with E-state index in [0.717, 1.165) is 11.4 Å². The van der Waals surface area contributed by atoms with Gasteiger partial charge in [-0.1, -0.05) is 37.3 Å². The van der Waals surface area contributed by atoms with Crippen LogP contribution in [0.4, 0.5) is 0 Å². The minimum absolute atomic E-state index is 0.214. The Hall–Kier alpha value is -1.19. The highest BCUT2D eigenvalue weighted by atomic mass is 32.1. The second-order valence-electron chi connectivity index (χ2n) is 4.19. The summed E-state index contributed by atoms with van der Waals surface area (Å²) in [5.41, 5.74) is 1.28. The van der Waals surface area contributed by atoms with Crippen LogP contribution in [0.25, 0.3) is 0 Å². The first-order valence-corrected chi connectivity index (χ1v) is 6.89. The van der Waals surface area contributed by atoms with Gasteiger partial charge in [0.05, 0.1) is 6.04 Å². The molecule has 0 unspecified atom stereocenters. The maximum Gasteiger partial charge on any atom is 0.114 e. The Balaban J connectivity index is 2.25. The summed E-state index contributed by atoms with van der Waals surface area (Å²) in [4.78, 5) is 4.44. The van der Waals surface area contributed by atoms with Crippen molar-refractivity contribution >= 4 is 11.3 Å². The molecule has 1 N–H and O–H groups in total. The fourth-order valence-corrected chi connectivity index (χ4v) is 2.46. The van der Waals surface area contributed by atoms with E-state index in [9.17, 15) is 0 Å². The van der Waals surface area contributed by atoms with Crippen molar-refractivity contribution in [2.75, 3.05) is 0 Å². The summed E-state index contributed by atoms with van der Waals surface area (Å²) in [6, 6.07) is 11.2. The molecule has 1 heterocycles. The van der Waals surface area contributed by atoms with Gasteiger partial charge in [-0.05, 0) is 18.9 Å². The molecule has 1 aromatic heterocycles. The van der Waals surface area contributed by atoms with Crippen LogP contribution in [0.5, 0.6) is 0 Å². The quantitative estimate of drug-likeness (QED) is 0.871. The van der Waals surface area contributed by atoms with Crippen molar-refractivity contribution in [1.29, 1.82) is 0 Å². The van der Waals surface area contributed by atoms with Crippen LogP contribution in [0.3, 0.4) is 0 Å². The van der Waals surface area contributed by atoms with E-state index in [4.69, 9.17) is 0 Å². The molecule has 3 heteroatoms. The van der Waals surface area contributed by atoms with E-state index in [1.54, 1.807) is 11.3 Å². The van der Waals surface area contributed by atoms with E-state index in [-0.39, 0.29) is 6.04 Å². The number of hydrogen-bond acceptors (Lipinski definition) is 3. The molecule has 2 nitrogen and oxygen atoms in total. The molecule has 0 fully saturated rings. The molecule has 0 aliphatic heterocycles. The lowest BCUT2D eigenvalue weighted by molar-refractivity contribution is 0.486. The van der Waals surface area contributed by atoms with Crippen LogP contribution >= 0.6 is 11.3 Å². The monoisotopic (exact) mass is 246 g/mol. The minimum atomic E-state index is 0.214. The average molecular weight is 246 g/mol. The molecule has 0 bridgehead atoms. The molecule has 17 heavy (non-hydrogen) atoms. The van der Waals surface area contributed by atoms with Crippen molar-refractivity contribution in [2.24, 2.45) is 0 Å². The standard InChI is InChI=1S/C14H18N2S/c1-3-11(2)16-13(14-15-9-10-17-14)12-7-5-4-6-8-12/h4-11,13,16H,3H2,1-2H3/t11-,13+/m0/s1. The van der Waals surface area contributed by atoms with Gasteiger partial charge in [-0.25, -0.2) is 4.98 Å². The van der Waals surface area contributed by atoms with Gasteiger partial charge in [-0.15, -0.1) is 11.3 Å². The summed E-state index contributed by atoms with van der Waals surface area (Å²) in [5, 5.41) is 6.80. The molecule has 2 rings (SSSR count). The van der Waals surface area contributed by atoms with Gasteiger partial charge in [0.2, 0.25) is 0 Å². The first-order chi connectivity index (χ1) is 8.31. The lowest BCUT2D eigenvalue weighted by Crippen LogP contribution is -2.30. The number of nitrogens with zero attached hydrogens (tertiary/aromatic N) is 1. The molecule has 0 aliphatic carbocycles. The molecule has 1 aromatic carbocycles. The van der Waals surface area contributed by atoms with E-state index < -0.39 is 0 Å². The summed E-state index contributed by atoms with van der Waals surface area (Å²) in [5.74, 6) is 0. The van der Waals surface area contributed by atoms with E-state index in [1.807, 2.05) is 17.6 Å². The van der Waals surface area contributed by atoms with Crippen molar-refractivity contribution in [3.05, 3.63) is 52.5 Å². The fourth-order valence-electron chi connectivity index (χ4n) is 1.73. The van der Waals surface area contributed by atoms with E-state index in [2.05, 4.69) is 48.4 Å². The predicted octanol–water partition coefficient (Wildman–Crippen LogP) is 3.62. The van der Waals surface area contributed by atoms with Gasteiger partial charge in [-0.3, -0.25) is 0 Å². The van der Waals surface area contributed by atoms with Crippen LogP contribution in [-0.4, -0.2) is 11.0 Å². The molecule has 0 saturated carbocycles. The highest BCUT2D eigenvalue weighted by molar-refractivity contribution is 7.09. The number of benzene rings is 1. The number of thiazole rings is 1. The van der Waals surface area contributed by atoms with Gasteiger partial charge in [0, 0.05) is 17.6 Å². The molecule has 0 amide bonds. The third-order valence-corrected chi connectivity index (χ3v) is 3.74. The van der Waals surface area contributed by atoms with Crippen molar-refractivity contribution < 1.29 is 0 Å². The van der Waals surface area contributed by atoms with Crippen LogP contribution < -0.4 is 5.32 Å². The fraction of sp³-hybridized carbons (Fsp3) is 0.357. The van der Waals surface area contributed by atoms with Gasteiger partial charge in [-0.2, -0.15) is 0 Å². The zero-order chi connectivity index (χ0) is 12.1. The molecule has 0 radical (unpaired) electrons. The highest BCUT2D eigenvalue weighted by Gasteiger charge is 2.17. The maximum atomic E-state index is 4.44. The van der Waals surface area contributed by atoms with E-state index in [0.29, 0.717) is 6.04 Å². The molecule has 0 aliphatic rings. The first kappa shape index (κ1) is 12.3. The second kappa shape index (κ2) is 5.94. The lowest BCUT2D eigenvalue weighted by Gasteiger charge is -2.21. The topological polar surface area (TPSA) is 24.9 Å². The molecule has 90 valence electrons. The molecule has 2 atom stereocenters. The Bertz CT molecular complexity index is 425. The second-order valence-corrected chi connectivity index (χ2v) is 5.12. The number of hydrogen-bond donors (Lipinski definition) is 1. The van der Waals surface area contributed by atoms with Gasteiger partial charge in [0.25, 0.3) is 0 Å². The molecule has 0 saturated heterocycles. The number of aromatic nitrogens is 1. The molecule has 2 aromatic rings. The minimum Gasteiger partial charge on any atom is -0.302 e. The predicted molar refractivity (Wildman–Crippen MR) is 73.3 cm³/mol. The largest absolute Gasteiger partial charge is 0.302 e. The first-order valence-electron chi connectivity index (χ1n) is 6.01. The Morgan fingerprint density at radius 3 is 2.65 bits per heavy atom. The van der Waals surface area contributed by atoms with Crippen LogP contribution in [0.2, 0.25) is 0 Å². The summed E-state index contributed by atoms with van der Waals surface area (Å²) in [7, 11) is 0. The summed E-state index contributed by atoms with van der Waals surface area (Å²) in [6.07, 6.45) is 2.99. The smallest absolute Gasteiger partial charge is 0.114 e. The van der Waals surface area contributed by atoms with Gasteiger partial charge >= 0.3 is 0 Å². The highest BCUT2D eigenvalue weighted by Crippen LogP contribution is 2.24. The molecule has 0 spiro atoms. The Labute approximate surface area is 107 Å². The van der Waals surface area contributed by atoms with Crippen LogP contribution in [0.1, 0.15) is 36.9 Å². The summed E-state index contributed by atoms with van der Waals surface area (Å²) in [6.45, 7) is 4.41. The number of nitrogens with one attached hydrogen (secondary N) is 1. The lowest BCUT2D eigenvalue weighted by atomic mass is 10.1. The van der Waals surface area contributed by atoms with E-state index >= 15 is 0 Å². The van der Waals surface area contributed by atoms with Gasteiger partial charge in [0.15, 0.2) is 0 Å². The molecular formula is C14H18N2S. The maximum absolute atomic E-state index is 4.44. The molecular weight excluding hydrogens is 228 g/mol. The SMILES string of the molecule is CC[C@H](C)N[C@H](c1ccccc1)c1nccs1. The zero-order valence-corrected chi connectivity index (χ0v) is 11.1. The van der Waals surface area contributed by atoms with Crippen LogP contribution in [-0.2, 0) is 0 Å². The Morgan fingerprint density at radius 1 is 1.29 bits per heavy atom. The zero-order valence-electron chi connectivity index (χ0n) is 10.3. The summed E-state index contributed by atoms with van der Waals surface area (Å²) < 4.78 is 0. The number of rotatable bonds is 5. The Morgan fingerprint density at radius 2 is 2.06 bits per heavy atom. The average Bonchev–Trinajstić information content (AvgIpc) is 2.90. The van der Waals surface area contributed by atoms with Crippen LogP contribution in [0.15, 0.2) is 41.9 Å². The normalized spacial score (nSPS) is 14.5. The van der Waals surface area contributed by atoms with Crippen molar-refractivity contribution in [3.63, 3.8) is 0 Å². The van der Waals surface area contributed by atoms with Gasteiger partial charge in [0.1, 0.15) is 5.01 Å². The third kappa shape index (κ3) is 3.14. The van der Waals surface area contributed by atoms with Crippen molar-refractivity contribution in [1.82, 2.24) is 10.3 Å². The van der Waals surface area contributed by atoms with E-state index in [1.165, 1.54) is 5.56 Å². The van der Waals surface area contributed by atoms with Crippen LogP contribution in [0, 0.1) is 0 Å².